The zero-order valence-corrected chi connectivity index (χ0v) is 7.28. The molecule has 0 radical (unpaired) electrons. The monoisotopic (exact) mass is 201 g/mol. The fourth-order valence-electron chi connectivity index (χ4n) is 0.703. The minimum atomic E-state index is -3.62. The van der Waals surface area contributed by atoms with Gasteiger partial charge in [0.1, 0.15) is 0 Å². The molecule has 0 aliphatic carbocycles. The molecule has 0 amide bonds. The lowest BCUT2D eigenvalue weighted by Crippen LogP contribution is -2.22. The van der Waals surface area contributed by atoms with Gasteiger partial charge < -0.3 is 9.66 Å². The first-order valence-corrected chi connectivity index (χ1v) is 4.66. The standard InChI is InChI=1S/C6H12F2O3S/c7-6(8,12(10)11)4-2-1-3-5-9/h9H,1-5H2,(H,10,11)/p-1. The number of aliphatic hydroxyl groups is 1. The Balaban J connectivity index is 3.54. The fourth-order valence-corrected chi connectivity index (χ4v) is 1.01. The molecule has 0 bridgehead atoms. The lowest BCUT2D eigenvalue weighted by Gasteiger charge is -2.18. The van der Waals surface area contributed by atoms with E-state index >= 15 is 0 Å². The molecule has 0 aliphatic rings. The summed E-state index contributed by atoms with van der Waals surface area (Å²) in [5.41, 5.74) is 0. The topological polar surface area (TPSA) is 60.4 Å². The second-order valence-electron chi connectivity index (χ2n) is 2.41. The van der Waals surface area contributed by atoms with Crippen LogP contribution in [0.15, 0.2) is 0 Å². The SMILES string of the molecule is O=S([O-])C(F)(F)CCCCCO. The Morgan fingerprint density at radius 3 is 2.33 bits per heavy atom. The van der Waals surface area contributed by atoms with Gasteiger partial charge in [-0.25, -0.2) is 0 Å². The van der Waals surface area contributed by atoms with Gasteiger partial charge in [-0.2, -0.15) is 8.78 Å². The highest BCUT2D eigenvalue weighted by molar-refractivity contribution is 7.80. The Morgan fingerprint density at radius 1 is 1.33 bits per heavy atom. The molecular formula is C6H11F2O3S-. The van der Waals surface area contributed by atoms with Crippen molar-refractivity contribution in [3.63, 3.8) is 0 Å². The van der Waals surface area contributed by atoms with Gasteiger partial charge in [0.05, 0.1) is 0 Å². The number of hydrogen-bond acceptors (Lipinski definition) is 3. The summed E-state index contributed by atoms with van der Waals surface area (Å²) in [6, 6.07) is 0. The molecule has 3 nitrogen and oxygen atoms in total. The Kier molecular flexibility index (Phi) is 5.52. The number of hydrogen-bond donors (Lipinski definition) is 1. The van der Waals surface area contributed by atoms with Crippen LogP contribution >= 0.6 is 0 Å². The van der Waals surface area contributed by atoms with Crippen LogP contribution in [-0.4, -0.2) is 25.7 Å². The van der Waals surface area contributed by atoms with E-state index < -0.39 is 22.8 Å². The molecule has 0 aliphatic heterocycles. The van der Waals surface area contributed by atoms with E-state index in [0.717, 1.165) is 0 Å². The first kappa shape index (κ1) is 11.9. The molecule has 0 aromatic carbocycles. The van der Waals surface area contributed by atoms with Gasteiger partial charge in [0, 0.05) is 24.1 Å². The maximum absolute atomic E-state index is 12.3. The molecule has 0 spiro atoms. The first-order valence-electron chi connectivity index (χ1n) is 3.59. The minimum absolute atomic E-state index is 0.0496. The molecule has 1 N–H and O–H groups in total. The Hall–Kier alpha value is -0.0700. The normalized spacial score (nSPS) is 14.7. The van der Waals surface area contributed by atoms with Gasteiger partial charge in [-0.15, -0.1) is 0 Å². The third kappa shape index (κ3) is 4.74. The van der Waals surface area contributed by atoms with Gasteiger partial charge in [0.25, 0.3) is 0 Å². The predicted molar refractivity (Wildman–Crippen MR) is 39.4 cm³/mol. The number of aliphatic hydroxyl groups excluding tert-OH is 1. The molecule has 0 saturated carbocycles. The molecule has 0 rings (SSSR count). The maximum Gasteiger partial charge on any atom is 0.309 e. The van der Waals surface area contributed by atoms with Crippen LogP contribution in [0.3, 0.4) is 0 Å². The van der Waals surface area contributed by atoms with Crippen molar-refractivity contribution in [3.05, 3.63) is 0 Å². The van der Waals surface area contributed by atoms with Crippen LogP contribution in [0.1, 0.15) is 25.7 Å². The van der Waals surface area contributed by atoms with Crippen molar-refractivity contribution in [2.75, 3.05) is 6.61 Å². The summed E-state index contributed by atoms with van der Waals surface area (Å²) in [4.78, 5) is 0. The van der Waals surface area contributed by atoms with Gasteiger partial charge >= 0.3 is 5.25 Å². The highest BCUT2D eigenvalue weighted by Gasteiger charge is 2.29. The Bertz CT molecular complexity index is 152. The zero-order valence-electron chi connectivity index (χ0n) is 6.46. The van der Waals surface area contributed by atoms with Crippen molar-refractivity contribution < 1.29 is 22.6 Å². The first-order chi connectivity index (χ1) is 5.50. The van der Waals surface area contributed by atoms with E-state index in [2.05, 4.69) is 0 Å². The van der Waals surface area contributed by atoms with Gasteiger partial charge in [-0.3, -0.25) is 4.21 Å². The number of halogens is 2. The Labute approximate surface area is 72.1 Å². The van der Waals surface area contributed by atoms with Gasteiger partial charge in [-0.05, 0) is 12.8 Å². The molecule has 0 aromatic rings. The van der Waals surface area contributed by atoms with Crippen molar-refractivity contribution in [1.82, 2.24) is 0 Å². The fraction of sp³-hybridized carbons (Fsp3) is 1.00. The number of unbranched alkanes of at least 4 members (excludes halogenated alkanes) is 2. The van der Waals surface area contributed by atoms with Crippen molar-refractivity contribution >= 4 is 11.1 Å². The van der Waals surface area contributed by atoms with E-state index in [9.17, 15) is 17.5 Å². The summed E-state index contributed by atoms with van der Waals surface area (Å²) in [5.74, 6) is 0. The van der Waals surface area contributed by atoms with E-state index in [0.29, 0.717) is 12.8 Å². The molecule has 74 valence electrons. The molecule has 0 aromatic heterocycles. The molecule has 1 atom stereocenters. The summed E-state index contributed by atoms with van der Waals surface area (Å²) < 4.78 is 44.4. The summed E-state index contributed by atoms with van der Waals surface area (Å²) in [5, 5.41) is 4.68. The lowest BCUT2D eigenvalue weighted by atomic mass is 10.2. The largest absolute Gasteiger partial charge is 0.768 e. The van der Waals surface area contributed by atoms with Crippen LogP contribution in [0.25, 0.3) is 0 Å². The van der Waals surface area contributed by atoms with E-state index in [-0.39, 0.29) is 13.0 Å². The molecule has 1 unspecified atom stereocenters. The molecular weight excluding hydrogens is 190 g/mol. The van der Waals surface area contributed by atoms with Crippen molar-refractivity contribution in [1.29, 1.82) is 0 Å². The predicted octanol–water partition coefficient (Wildman–Crippen LogP) is 1.01. The van der Waals surface area contributed by atoms with Crippen molar-refractivity contribution in [2.24, 2.45) is 0 Å². The van der Waals surface area contributed by atoms with Crippen LogP contribution in [-0.2, 0) is 11.1 Å². The highest BCUT2D eigenvalue weighted by Crippen LogP contribution is 2.24. The molecule has 0 fully saturated rings. The van der Waals surface area contributed by atoms with E-state index in [4.69, 9.17) is 5.11 Å². The molecule has 12 heavy (non-hydrogen) atoms. The van der Waals surface area contributed by atoms with Crippen LogP contribution in [0.2, 0.25) is 0 Å². The number of alkyl halides is 2. The second-order valence-corrected chi connectivity index (χ2v) is 3.47. The van der Waals surface area contributed by atoms with Gasteiger partial charge in [0.15, 0.2) is 0 Å². The van der Waals surface area contributed by atoms with E-state index in [1.54, 1.807) is 0 Å². The van der Waals surface area contributed by atoms with Gasteiger partial charge in [0.2, 0.25) is 0 Å². The van der Waals surface area contributed by atoms with Crippen molar-refractivity contribution in [3.8, 4) is 0 Å². The molecule has 0 heterocycles. The second kappa shape index (κ2) is 5.55. The maximum atomic E-state index is 12.3. The third-order valence-electron chi connectivity index (χ3n) is 1.37. The van der Waals surface area contributed by atoms with Crippen LogP contribution in [0.4, 0.5) is 8.78 Å². The summed E-state index contributed by atoms with van der Waals surface area (Å²) in [6.07, 6.45) is 0.301. The summed E-state index contributed by atoms with van der Waals surface area (Å²) in [6.45, 7) is -0.0496. The highest BCUT2D eigenvalue weighted by atomic mass is 32.2. The van der Waals surface area contributed by atoms with Crippen LogP contribution < -0.4 is 0 Å². The summed E-state index contributed by atoms with van der Waals surface area (Å²) >= 11 is -3.33. The average Bonchev–Trinajstić information content (AvgIpc) is 1.98. The third-order valence-corrected chi connectivity index (χ3v) is 2.06. The quantitative estimate of drug-likeness (QED) is 0.515. The average molecular weight is 201 g/mol. The zero-order chi connectivity index (χ0) is 9.61. The minimum Gasteiger partial charge on any atom is -0.768 e. The van der Waals surface area contributed by atoms with Gasteiger partial charge in [-0.1, -0.05) is 6.42 Å². The Morgan fingerprint density at radius 2 is 1.92 bits per heavy atom. The van der Waals surface area contributed by atoms with Crippen LogP contribution in [0, 0.1) is 0 Å². The lowest BCUT2D eigenvalue weighted by molar-refractivity contribution is 0.0756. The smallest absolute Gasteiger partial charge is 0.309 e. The molecule has 0 saturated heterocycles. The van der Waals surface area contributed by atoms with Crippen LogP contribution in [0.5, 0.6) is 0 Å². The molecule has 6 heteroatoms. The number of rotatable bonds is 6. The van der Waals surface area contributed by atoms with E-state index in [1.165, 1.54) is 0 Å². The summed E-state index contributed by atoms with van der Waals surface area (Å²) in [7, 11) is 0. The van der Waals surface area contributed by atoms with E-state index in [1.807, 2.05) is 0 Å². The van der Waals surface area contributed by atoms with Crippen molar-refractivity contribution in [2.45, 2.75) is 30.9 Å².